The average Bonchev–Trinajstić information content (AvgIpc) is 0.727. The fraction of sp³-hybridized carbons (Fsp3) is 0.861. The number of aliphatic hydroxyl groups excluding tert-OH is 19. The number of esters is 2. The van der Waals surface area contributed by atoms with E-state index in [4.69, 9.17) is 76.8 Å². The standard InChI is InChI=1S/C79H122N2O37/c1-29-47(88)55(96)63(116-67-57(98)48(89)36(86)27-104-67)71(106-29)105-28-40-52(93)53(94)46(81-31(3)85)66(111-40)113-44-18-19-76(8)41(75(44,6)7)17-20-77(9)42(76)16-15-33-34-21-74(4,5)45(112-65(102)32-13-11-12-14-35(32)80)23-79(34,43(87)22-78(33,77)10)73(103)118-72-64(56(97)50(91)38(25-83)110-72)117-70-60(101)62(115-69-59(100)54(95)49(90)37(24-82)108-69)61(30(2)107-70)114-68-58(99)51(92)39(26-84)109-68/h11-15,29-30,34,36-64,66-72,82-84,86-101H,16-28,80H2,1-10H3,(H,81,85). The smallest absolute Gasteiger partial charge is 0.340 e. The molecule has 7 heterocycles. The van der Waals surface area contributed by atoms with Gasteiger partial charge in [0.25, 0.3) is 0 Å². The van der Waals surface area contributed by atoms with Crippen LogP contribution in [-0.4, -0.2) is 369 Å². The van der Waals surface area contributed by atoms with Crippen LogP contribution in [0.2, 0.25) is 0 Å². The van der Waals surface area contributed by atoms with Gasteiger partial charge in [-0.3, -0.25) is 9.59 Å². The highest BCUT2D eigenvalue weighted by Crippen LogP contribution is 2.76. The van der Waals surface area contributed by atoms with E-state index in [0.717, 1.165) is 5.57 Å². The Kier molecular flexibility index (Phi) is 27.2. The summed E-state index contributed by atoms with van der Waals surface area (Å²) >= 11 is 0. The van der Waals surface area contributed by atoms with Crippen LogP contribution in [0.15, 0.2) is 35.9 Å². The van der Waals surface area contributed by atoms with Gasteiger partial charge < -0.3 is 179 Å². The second kappa shape index (κ2) is 35.0. The van der Waals surface area contributed by atoms with E-state index >= 15 is 4.79 Å². The van der Waals surface area contributed by atoms with Gasteiger partial charge in [-0.05, 0) is 110 Å². The molecule has 43 atom stereocenters. The molecule has 13 rings (SSSR count). The highest BCUT2D eigenvalue weighted by Gasteiger charge is 2.74. The fourth-order valence-corrected chi connectivity index (χ4v) is 21.8. The highest BCUT2D eigenvalue weighted by molar-refractivity contribution is 5.95. The number of hydrogen-bond donors (Lipinski definition) is 21. The van der Waals surface area contributed by atoms with E-state index in [-0.39, 0.29) is 35.9 Å². The second-order valence-corrected chi connectivity index (χ2v) is 36.6. The summed E-state index contributed by atoms with van der Waals surface area (Å²) in [7, 11) is 0. The minimum absolute atomic E-state index is 0.0201. The summed E-state index contributed by atoms with van der Waals surface area (Å²) in [6.07, 6.45) is -55.3. The Morgan fingerprint density at radius 3 is 1.69 bits per heavy atom. The van der Waals surface area contributed by atoms with Gasteiger partial charge in [-0.15, -0.1) is 0 Å². The first kappa shape index (κ1) is 91.6. The first-order valence-electron chi connectivity index (χ1n) is 40.8. The van der Waals surface area contributed by atoms with Crippen LogP contribution in [0.3, 0.4) is 0 Å². The molecule has 0 spiro atoms. The molecule has 11 fully saturated rings. The van der Waals surface area contributed by atoms with Crippen molar-refractivity contribution in [3.8, 4) is 0 Å². The highest BCUT2D eigenvalue weighted by atomic mass is 16.8. The molecule has 670 valence electrons. The van der Waals surface area contributed by atoms with E-state index in [2.05, 4.69) is 46.0 Å². The number of allylic oxidation sites excluding steroid dienone is 2. The number of amides is 1. The normalized spacial score (nSPS) is 50.6. The number of hydrogen-bond acceptors (Lipinski definition) is 38. The maximum absolute atomic E-state index is 16.5. The fourth-order valence-electron chi connectivity index (χ4n) is 21.8. The number of carbonyl (C=O) groups is 3. The number of rotatable bonds is 21. The average molecular weight is 1690 g/mol. The molecule has 0 bridgehead atoms. The van der Waals surface area contributed by atoms with E-state index < -0.39 is 317 Å². The number of benzene rings is 1. The summed E-state index contributed by atoms with van der Waals surface area (Å²) in [6.45, 7) is 14.8. The van der Waals surface area contributed by atoms with Crippen molar-refractivity contribution in [2.45, 2.75) is 342 Å². The van der Waals surface area contributed by atoms with Crippen LogP contribution in [-0.2, 0) is 80.6 Å². The number of para-hydroxylation sites is 1. The number of anilines is 1. The summed E-state index contributed by atoms with van der Waals surface area (Å²) in [6, 6.07) is 4.89. The number of nitrogen functional groups attached to an aromatic ring is 1. The molecule has 0 aromatic heterocycles. The third kappa shape index (κ3) is 16.1. The third-order valence-electron chi connectivity index (χ3n) is 28.9. The van der Waals surface area contributed by atoms with Gasteiger partial charge in [0, 0.05) is 24.4 Å². The molecule has 12 aliphatic rings. The minimum atomic E-state index is -2.22. The SMILES string of the molecule is CC(=O)NC1C(OC2CCC3(C)C(CCC4(C)C3CC=C3C5CC(C)(C)C(OC(=O)c6ccccc6N)CC5(C(=O)OC5OC(CO)C(O)C(O)C5OC5OC(C)C(OC6OC(CO)C(O)C6O)C(OC6OC(CO)C(O)C(O)C6O)C5O)C(O)CC34C)C2(C)C)OC(COC2OC(C)C(O)C(O)C2OC2OCC(O)C(O)C2O)C(O)C1O. The van der Waals surface area contributed by atoms with Gasteiger partial charge in [0.1, 0.15) is 152 Å². The molecule has 39 heteroatoms. The van der Waals surface area contributed by atoms with E-state index in [1.165, 1.54) is 32.9 Å². The van der Waals surface area contributed by atoms with Gasteiger partial charge in [0.05, 0.1) is 63.0 Å². The largest absolute Gasteiger partial charge is 0.458 e. The molecule has 1 amide bonds. The first-order valence-corrected chi connectivity index (χ1v) is 40.8. The molecule has 4 saturated carbocycles. The van der Waals surface area contributed by atoms with Crippen LogP contribution >= 0.6 is 0 Å². The maximum atomic E-state index is 16.5. The topological polar surface area (TPSA) is 612 Å². The Bertz CT molecular complexity index is 3680. The summed E-state index contributed by atoms with van der Waals surface area (Å²) in [5.74, 6) is -3.76. The van der Waals surface area contributed by atoms with Gasteiger partial charge in [0.2, 0.25) is 12.2 Å². The zero-order valence-corrected chi connectivity index (χ0v) is 67.5. The lowest BCUT2D eigenvalue weighted by molar-refractivity contribution is -0.390. The number of nitrogens with two attached hydrogens (primary N) is 1. The molecule has 5 aliphatic carbocycles. The molecule has 118 heavy (non-hydrogen) atoms. The van der Waals surface area contributed by atoms with Crippen molar-refractivity contribution in [2.75, 3.05) is 38.8 Å². The zero-order chi connectivity index (χ0) is 86.0. The van der Waals surface area contributed by atoms with E-state index in [9.17, 15) is 107 Å². The Labute approximate surface area is 680 Å². The van der Waals surface area contributed by atoms with E-state index in [1.807, 2.05) is 13.8 Å². The number of nitrogens with one attached hydrogen (secondary N) is 1. The molecule has 0 radical (unpaired) electrons. The molecule has 1 aromatic carbocycles. The molecule has 22 N–H and O–H groups in total. The first-order chi connectivity index (χ1) is 55.4. The minimum Gasteiger partial charge on any atom is -0.458 e. The van der Waals surface area contributed by atoms with Crippen LogP contribution in [0.4, 0.5) is 5.69 Å². The van der Waals surface area contributed by atoms with Gasteiger partial charge >= 0.3 is 11.9 Å². The third-order valence-corrected chi connectivity index (χ3v) is 28.9. The molecular weight excluding hydrogens is 1570 g/mol. The predicted octanol–water partition coefficient (Wildman–Crippen LogP) is -5.70. The molecule has 43 unspecified atom stereocenters. The van der Waals surface area contributed by atoms with Gasteiger partial charge in [-0.1, -0.05) is 72.2 Å². The van der Waals surface area contributed by atoms with Gasteiger partial charge in [-0.25, -0.2) is 4.79 Å². The van der Waals surface area contributed by atoms with Gasteiger partial charge in [-0.2, -0.15) is 0 Å². The Balaban J connectivity index is 0.783. The zero-order valence-electron chi connectivity index (χ0n) is 67.5. The number of ether oxygens (including phenoxy) is 15. The summed E-state index contributed by atoms with van der Waals surface area (Å²) in [4.78, 5) is 43.9. The number of carbonyl (C=O) groups excluding carboxylic acids is 3. The monoisotopic (exact) mass is 1690 g/mol. The Hall–Kier alpha value is -4.11. The summed E-state index contributed by atoms with van der Waals surface area (Å²) in [5.41, 5.74) is 1.38. The summed E-state index contributed by atoms with van der Waals surface area (Å²) < 4.78 is 92.0. The quantitative estimate of drug-likeness (QED) is 0.0236. The van der Waals surface area contributed by atoms with Crippen LogP contribution < -0.4 is 11.1 Å². The Morgan fingerprint density at radius 2 is 1.05 bits per heavy atom. The summed E-state index contributed by atoms with van der Waals surface area (Å²) in [5, 5.41) is 215. The van der Waals surface area contributed by atoms with Crippen molar-refractivity contribution in [1.29, 1.82) is 0 Å². The van der Waals surface area contributed by atoms with Crippen molar-refractivity contribution in [1.82, 2.24) is 5.32 Å². The molecular formula is C79H122N2O37. The molecule has 1 aromatic rings. The predicted molar refractivity (Wildman–Crippen MR) is 394 cm³/mol. The van der Waals surface area contributed by atoms with Crippen LogP contribution in [0.5, 0.6) is 0 Å². The van der Waals surface area contributed by atoms with E-state index in [0.29, 0.717) is 32.1 Å². The molecule has 7 saturated heterocycles. The van der Waals surface area contributed by atoms with Crippen molar-refractivity contribution in [3.05, 3.63) is 41.5 Å². The van der Waals surface area contributed by atoms with Crippen LogP contribution in [0.25, 0.3) is 0 Å². The Morgan fingerprint density at radius 1 is 0.508 bits per heavy atom. The molecule has 39 nitrogen and oxygen atoms in total. The van der Waals surface area contributed by atoms with Crippen molar-refractivity contribution < 1.29 is 182 Å². The van der Waals surface area contributed by atoms with E-state index in [1.54, 1.807) is 12.1 Å². The number of fused-ring (bicyclic) bond motifs is 7. The molecule has 7 aliphatic heterocycles. The van der Waals surface area contributed by atoms with Gasteiger partial charge in [0.15, 0.2) is 43.8 Å². The second-order valence-electron chi connectivity index (χ2n) is 36.6. The van der Waals surface area contributed by atoms with Crippen molar-refractivity contribution in [2.24, 2.45) is 50.2 Å². The van der Waals surface area contributed by atoms with Crippen molar-refractivity contribution >= 4 is 23.5 Å². The lowest BCUT2D eigenvalue weighted by Gasteiger charge is -2.72. The lowest BCUT2D eigenvalue weighted by Crippen LogP contribution is -2.70. The van der Waals surface area contributed by atoms with Crippen LogP contribution in [0, 0.1) is 50.2 Å². The number of aliphatic hydroxyl groups is 19. The van der Waals surface area contributed by atoms with Crippen LogP contribution in [0.1, 0.15) is 131 Å². The lowest BCUT2D eigenvalue weighted by atomic mass is 9.33. The maximum Gasteiger partial charge on any atom is 0.340 e. The van der Waals surface area contributed by atoms with Crippen molar-refractivity contribution in [3.63, 3.8) is 0 Å².